The Balaban J connectivity index is 1.89. The van der Waals surface area contributed by atoms with Gasteiger partial charge in [-0.25, -0.2) is 4.79 Å². The fourth-order valence-electron chi connectivity index (χ4n) is 2.07. The summed E-state index contributed by atoms with van der Waals surface area (Å²) in [7, 11) is 0. The van der Waals surface area contributed by atoms with E-state index in [0.717, 1.165) is 11.3 Å². The number of allylic oxidation sites excluding steroid dienone is 1. The van der Waals surface area contributed by atoms with Gasteiger partial charge in [-0.2, -0.15) is 0 Å². The third-order valence-corrected chi connectivity index (χ3v) is 3.11. The minimum absolute atomic E-state index is 0.337. The molecule has 0 aliphatic carbocycles. The quantitative estimate of drug-likeness (QED) is 0.607. The topological polar surface area (TPSA) is 39.4 Å². The lowest BCUT2D eigenvalue weighted by Crippen LogP contribution is -1.95. The summed E-state index contributed by atoms with van der Waals surface area (Å²) in [6.45, 7) is 3.79. The number of esters is 1. The maximum atomic E-state index is 11.5. The Hall–Kier alpha value is -2.55. The van der Waals surface area contributed by atoms with Gasteiger partial charge in [0.15, 0.2) is 0 Å². The standard InChI is InChI=1S/C17H14O3/c1-11-3-5-13(6-4-11)16-8-7-15(20-16)10-14-9-12(2)19-17(14)18/h3-10H,1-2H3/b14-10+. The van der Waals surface area contributed by atoms with Crippen LogP contribution in [-0.2, 0) is 9.53 Å². The van der Waals surface area contributed by atoms with E-state index in [-0.39, 0.29) is 5.97 Å². The smallest absolute Gasteiger partial charge is 0.343 e. The van der Waals surface area contributed by atoms with Crippen molar-refractivity contribution >= 4 is 12.0 Å². The lowest BCUT2D eigenvalue weighted by molar-refractivity contribution is -0.133. The van der Waals surface area contributed by atoms with Gasteiger partial charge < -0.3 is 9.15 Å². The van der Waals surface area contributed by atoms with Gasteiger partial charge in [-0.15, -0.1) is 0 Å². The van der Waals surface area contributed by atoms with E-state index in [1.165, 1.54) is 5.56 Å². The van der Waals surface area contributed by atoms with Crippen molar-refractivity contribution in [2.45, 2.75) is 13.8 Å². The number of rotatable bonds is 2. The summed E-state index contributed by atoms with van der Waals surface area (Å²) in [5, 5.41) is 0. The van der Waals surface area contributed by atoms with E-state index in [2.05, 4.69) is 0 Å². The van der Waals surface area contributed by atoms with E-state index in [4.69, 9.17) is 9.15 Å². The largest absolute Gasteiger partial charge is 0.457 e. The van der Waals surface area contributed by atoms with Crippen LogP contribution in [0, 0.1) is 6.92 Å². The normalized spacial score (nSPS) is 16.4. The number of ether oxygens (including phenoxy) is 1. The highest BCUT2D eigenvalue weighted by Gasteiger charge is 2.18. The number of carbonyl (C=O) groups excluding carboxylic acids is 1. The molecule has 0 amide bonds. The molecule has 2 aromatic rings. The van der Waals surface area contributed by atoms with Crippen molar-refractivity contribution < 1.29 is 13.9 Å². The van der Waals surface area contributed by atoms with Gasteiger partial charge in [-0.3, -0.25) is 0 Å². The fraction of sp³-hybridized carbons (Fsp3) is 0.118. The molecule has 20 heavy (non-hydrogen) atoms. The van der Waals surface area contributed by atoms with Crippen LogP contribution in [-0.4, -0.2) is 5.97 Å². The summed E-state index contributed by atoms with van der Waals surface area (Å²) in [5.41, 5.74) is 2.73. The van der Waals surface area contributed by atoms with Crippen LogP contribution in [0.2, 0.25) is 0 Å². The van der Waals surface area contributed by atoms with Gasteiger partial charge in [-0.1, -0.05) is 29.8 Å². The molecule has 0 spiro atoms. The summed E-state index contributed by atoms with van der Waals surface area (Å²) in [6, 6.07) is 11.8. The van der Waals surface area contributed by atoms with Crippen LogP contribution in [0.15, 0.2) is 58.2 Å². The number of hydrogen-bond acceptors (Lipinski definition) is 3. The van der Waals surface area contributed by atoms with Gasteiger partial charge in [0.05, 0.1) is 5.57 Å². The SMILES string of the molecule is CC1=C/C(=C\c2ccc(-c3ccc(C)cc3)o2)C(=O)O1. The average Bonchev–Trinajstić information content (AvgIpc) is 2.98. The lowest BCUT2D eigenvalue weighted by Gasteiger charge is -1.97. The molecule has 0 saturated carbocycles. The van der Waals surface area contributed by atoms with E-state index in [0.29, 0.717) is 17.1 Å². The number of aryl methyl sites for hydroxylation is 1. The molecular formula is C17H14O3. The second-order valence-corrected chi connectivity index (χ2v) is 4.81. The molecule has 0 fully saturated rings. The number of furan rings is 1. The summed E-state index contributed by atoms with van der Waals surface area (Å²) in [4.78, 5) is 11.5. The molecule has 1 aromatic carbocycles. The average molecular weight is 266 g/mol. The van der Waals surface area contributed by atoms with Crippen LogP contribution < -0.4 is 0 Å². The van der Waals surface area contributed by atoms with Gasteiger partial charge in [0.25, 0.3) is 0 Å². The highest BCUT2D eigenvalue weighted by molar-refractivity contribution is 5.99. The second-order valence-electron chi connectivity index (χ2n) is 4.81. The number of benzene rings is 1. The zero-order valence-corrected chi connectivity index (χ0v) is 11.3. The van der Waals surface area contributed by atoms with E-state index < -0.39 is 0 Å². The molecule has 3 rings (SSSR count). The second kappa shape index (κ2) is 4.85. The van der Waals surface area contributed by atoms with Crippen molar-refractivity contribution in [3.8, 4) is 11.3 Å². The molecule has 0 bridgehead atoms. The molecule has 0 unspecified atom stereocenters. The number of carbonyl (C=O) groups is 1. The van der Waals surface area contributed by atoms with Crippen LogP contribution in [0.5, 0.6) is 0 Å². The monoisotopic (exact) mass is 266 g/mol. The van der Waals surface area contributed by atoms with Crippen LogP contribution >= 0.6 is 0 Å². The first-order valence-electron chi connectivity index (χ1n) is 6.41. The first-order chi connectivity index (χ1) is 9.61. The maximum absolute atomic E-state index is 11.5. The zero-order chi connectivity index (χ0) is 14.1. The molecule has 0 N–H and O–H groups in total. The van der Waals surface area contributed by atoms with Crippen LogP contribution in [0.25, 0.3) is 17.4 Å². The van der Waals surface area contributed by atoms with E-state index in [1.54, 1.807) is 19.1 Å². The Morgan fingerprint density at radius 1 is 1.00 bits per heavy atom. The molecule has 0 radical (unpaired) electrons. The Morgan fingerprint density at radius 3 is 2.40 bits per heavy atom. The number of cyclic esters (lactones) is 1. The van der Waals surface area contributed by atoms with Crippen molar-refractivity contribution in [1.29, 1.82) is 0 Å². The van der Waals surface area contributed by atoms with Gasteiger partial charge in [0, 0.05) is 5.56 Å². The maximum Gasteiger partial charge on any atom is 0.343 e. The summed E-state index contributed by atoms with van der Waals surface area (Å²) < 4.78 is 10.7. The molecule has 1 aliphatic heterocycles. The van der Waals surface area contributed by atoms with Gasteiger partial charge in [-0.05, 0) is 38.1 Å². The molecule has 3 nitrogen and oxygen atoms in total. The Morgan fingerprint density at radius 2 is 1.75 bits per heavy atom. The van der Waals surface area contributed by atoms with Crippen molar-refractivity contribution in [3.63, 3.8) is 0 Å². The van der Waals surface area contributed by atoms with Crippen molar-refractivity contribution in [3.05, 3.63) is 65.1 Å². The first kappa shape index (κ1) is 12.5. The van der Waals surface area contributed by atoms with Gasteiger partial charge >= 0.3 is 5.97 Å². The van der Waals surface area contributed by atoms with Crippen molar-refractivity contribution in [2.75, 3.05) is 0 Å². The first-order valence-corrected chi connectivity index (χ1v) is 6.41. The Bertz CT molecular complexity index is 715. The lowest BCUT2D eigenvalue weighted by atomic mass is 10.1. The summed E-state index contributed by atoms with van der Waals surface area (Å²) >= 11 is 0. The predicted octanol–water partition coefficient (Wildman–Crippen LogP) is 4.10. The molecule has 2 heterocycles. The summed E-state index contributed by atoms with van der Waals surface area (Å²) in [6.07, 6.45) is 3.40. The summed E-state index contributed by atoms with van der Waals surface area (Å²) in [5.74, 6) is 1.68. The Labute approximate surface area is 117 Å². The van der Waals surface area contributed by atoms with Crippen molar-refractivity contribution in [1.82, 2.24) is 0 Å². The minimum atomic E-state index is -0.337. The zero-order valence-electron chi connectivity index (χ0n) is 11.3. The van der Waals surface area contributed by atoms with Gasteiger partial charge in [0.1, 0.15) is 17.3 Å². The van der Waals surface area contributed by atoms with Crippen LogP contribution in [0.3, 0.4) is 0 Å². The number of hydrogen-bond donors (Lipinski definition) is 0. The Kier molecular flexibility index (Phi) is 3.03. The van der Waals surface area contributed by atoms with E-state index >= 15 is 0 Å². The molecule has 3 heteroatoms. The van der Waals surface area contributed by atoms with E-state index in [1.807, 2.05) is 43.3 Å². The molecule has 1 aromatic heterocycles. The highest BCUT2D eigenvalue weighted by Crippen LogP contribution is 2.25. The van der Waals surface area contributed by atoms with Gasteiger partial charge in [0.2, 0.25) is 0 Å². The molecule has 0 saturated heterocycles. The third-order valence-electron chi connectivity index (χ3n) is 3.11. The predicted molar refractivity (Wildman–Crippen MR) is 76.7 cm³/mol. The fourth-order valence-corrected chi connectivity index (χ4v) is 2.07. The molecule has 1 aliphatic rings. The minimum Gasteiger partial charge on any atom is -0.457 e. The molecule has 100 valence electrons. The van der Waals surface area contributed by atoms with E-state index in [9.17, 15) is 4.79 Å². The van der Waals surface area contributed by atoms with Crippen LogP contribution in [0.1, 0.15) is 18.2 Å². The third kappa shape index (κ3) is 2.43. The van der Waals surface area contributed by atoms with Crippen LogP contribution in [0.4, 0.5) is 0 Å². The molecular weight excluding hydrogens is 252 g/mol. The molecule has 0 atom stereocenters. The van der Waals surface area contributed by atoms with Crippen molar-refractivity contribution in [2.24, 2.45) is 0 Å². The highest BCUT2D eigenvalue weighted by atomic mass is 16.5.